The van der Waals surface area contributed by atoms with Gasteiger partial charge in [-0.1, -0.05) is 17.7 Å². The van der Waals surface area contributed by atoms with Gasteiger partial charge in [0.1, 0.15) is 5.69 Å². The Morgan fingerprint density at radius 3 is 2.84 bits per heavy atom. The van der Waals surface area contributed by atoms with Crippen molar-refractivity contribution in [2.45, 2.75) is 13.8 Å². The number of hydrogen-bond donors (Lipinski definition) is 2. The minimum atomic E-state index is 0.378. The minimum Gasteiger partial charge on any atom is -0.437 e. The van der Waals surface area contributed by atoms with Gasteiger partial charge >= 0.3 is 0 Å². The normalized spacial score (nSPS) is 10.8. The molecule has 3 N–H and O–H groups in total. The first kappa shape index (κ1) is 11.6. The van der Waals surface area contributed by atoms with Crippen molar-refractivity contribution in [2.24, 2.45) is 0 Å². The summed E-state index contributed by atoms with van der Waals surface area (Å²) in [5, 5.41) is 4.28. The summed E-state index contributed by atoms with van der Waals surface area (Å²) in [6.07, 6.45) is 3.39. The number of anilines is 3. The van der Waals surface area contributed by atoms with E-state index in [4.69, 9.17) is 10.2 Å². The zero-order valence-electron chi connectivity index (χ0n) is 10.9. The molecule has 0 aliphatic rings. The topological polar surface area (TPSA) is 64.1 Å². The molecule has 0 aliphatic heterocycles. The van der Waals surface area contributed by atoms with E-state index in [1.165, 1.54) is 11.1 Å². The minimum absolute atomic E-state index is 0.378. The van der Waals surface area contributed by atoms with Gasteiger partial charge in [0.2, 0.25) is 5.88 Å². The van der Waals surface area contributed by atoms with Crippen molar-refractivity contribution in [3.63, 3.8) is 0 Å². The van der Waals surface area contributed by atoms with Crippen LogP contribution in [0.4, 0.5) is 17.3 Å². The van der Waals surface area contributed by atoms with Gasteiger partial charge in [0.25, 0.3) is 0 Å². The fourth-order valence-electron chi connectivity index (χ4n) is 2.19. The second-order valence-electron chi connectivity index (χ2n) is 4.66. The van der Waals surface area contributed by atoms with E-state index in [1.54, 1.807) is 12.4 Å². The van der Waals surface area contributed by atoms with Gasteiger partial charge in [0.05, 0.1) is 6.20 Å². The SMILES string of the molecule is Cc1ccc(Nc2c(N)oc3cnccc23)c(C)c1. The van der Waals surface area contributed by atoms with Crippen LogP contribution >= 0.6 is 0 Å². The number of nitrogen functional groups attached to an aromatic ring is 1. The first-order chi connectivity index (χ1) is 9.15. The average Bonchev–Trinajstić information content (AvgIpc) is 2.69. The second kappa shape index (κ2) is 4.31. The molecule has 0 bridgehead atoms. The van der Waals surface area contributed by atoms with Crippen LogP contribution in [0.3, 0.4) is 0 Å². The van der Waals surface area contributed by atoms with Crippen molar-refractivity contribution in [3.05, 3.63) is 47.8 Å². The van der Waals surface area contributed by atoms with Crippen LogP contribution < -0.4 is 11.1 Å². The third-order valence-corrected chi connectivity index (χ3v) is 3.16. The monoisotopic (exact) mass is 253 g/mol. The summed E-state index contributed by atoms with van der Waals surface area (Å²) in [4.78, 5) is 4.03. The number of fused-ring (bicyclic) bond motifs is 1. The first-order valence-corrected chi connectivity index (χ1v) is 6.11. The van der Waals surface area contributed by atoms with Gasteiger partial charge in [0, 0.05) is 17.3 Å². The van der Waals surface area contributed by atoms with E-state index in [0.717, 1.165) is 16.8 Å². The number of nitrogens with two attached hydrogens (primary N) is 1. The van der Waals surface area contributed by atoms with Crippen molar-refractivity contribution in [2.75, 3.05) is 11.1 Å². The highest BCUT2D eigenvalue weighted by atomic mass is 16.3. The van der Waals surface area contributed by atoms with Crippen LogP contribution in [0, 0.1) is 13.8 Å². The largest absolute Gasteiger partial charge is 0.437 e. The van der Waals surface area contributed by atoms with Gasteiger partial charge in [-0.25, -0.2) is 0 Å². The molecule has 2 aromatic heterocycles. The molecule has 2 heterocycles. The van der Waals surface area contributed by atoms with E-state index in [0.29, 0.717) is 11.5 Å². The highest BCUT2D eigenvalue weighted by molar-refractivity contribution is 5.98. The number of aryl methyl sites for hydroxylation is 2. The molecule has 0 atom stereocenters. The van der Waals surface area contributed by atoms with Crippen LogP contribution in [0.5, 0.6) is 0 Å². The quantitative estimate of drug-likeness (QED) is 0.729. The van der Waals surface area contributed by atoms with Gasteiger partial charge in [-0.05, 0) is 31.5 Å². The lowest BCUT2D eigenvalue weighted by Crippen LogP contribution is -1.96. The molecular weight excluding hydrogens is 238 g/mol. The van der Waals surface area contributed by atoms with Gasteiger partial charge < -0.3 is 15.5 Å². The average molecular weight is 253 g/mol. The predicted molar refractivity (Wildman–Crippen MR) is 77.6 cm³/mol. The lowest BCUT2D eigenvalue weighted by Gasteiger charge is -2.09. The van der Waals surface area contributed by atoms with E-state index < -0.39 is 0 Å². The number of pyridine rings is 1. The molecule has 0 unspecified atom stereocenters. The number of benzene rings is 1. The fourth-order valence-corrected chi connectivity index (χ4v) is 2.19. The van der Waals surface area contributed by atoms with Crippen LogP contribution in [0.1, 0.15) is 11.1 Å². The number of hydrogen-bond acceptors (Lipinski definition) is 4. The van der Waals surface area contributed by atoms with Gasteiger partial charge in [-0.2, -0.15) is 0 Å². The molecular formula is C15H15N3O. The Kier molecular flexibility index (Phi) is 2.63. The Hall–Kier alpha value is -2.49. The number of aromatic nitrogens is 1. The molecule has 3 rings (SSSR count). The van der Waals surface area contributed by atoms with Crippen molar-refractivity contribution in [1.29, 1.82) is 0 Å². The molecule has 4 nitrogen and oxygen atoms in total. The summed E-state index contributed by atoms with van der Waals surface area (Å²) < 4.78 is 5.49. The molecule has 0 fully saturated rings. The molecule has 0 spiro atoms. The van der Waals surface area contributed by atoms with Crippen LogP contribution in [0.25, 0.3) is 11.0 Å². The number of furan rings is 1. The zero-order valence-corrected chi connectivity index (χ0v) is 10.9. The predicted octanol–water partition coefficient (Wildman–Crippen LogP) is 3.77. The molecule has 4 heteroatoms. The summed E-state index contributed by atoms with van der Waals surface area (Å²) in [6.45, 7) is 4.14. The zero-order chi connectivity index (χ0) is 13.4. The highest BCUT2D eigenvalue weighted by Gasteiger charge is 2.12. The van der Waals surface area contributed by atoms with Gasteiger partial charge in [-0.15, -0.1) is 0 Å². The van der Waals surface area contributed by atoms with E-state index >= 15 is 0 Å². The Morgan fingerprint density at radius 2 is 2.05 bits per heavy atom. The summed E-state index contributed by atoms with van der Waals surface area (Å²) in [6, 6.07) is 8.13. The maximum absolute atomic E-state index is 5.92. The third kappa shape index (κ3) is 2.01. The van der Waals surface area contributed by atoms with E-state index in [2.05, 4.69) is 36.3 Å². The molecule has 0 saturated heterocycles. The summed E-state index contributed by atoms with van der Waals surface area (Å²) in [7, 11) is 0. The lowest BCUT2D eigenvalue weighted by molar-refractivity contribution is 0.636. The van der Waals surface area contributed by atoms with Gasteiger partial charge in [0.15, 0.2) is 5.58 Å². The maximum atomic E-state index is 5.92. The van der Waals surface area contributed by atoms with Crippen LogP contribution in [0.2, 0.25) is 0 Å². The Morgan fingerprint density at radius 1 is 1.21 bits per heavy atom. The van der Waals surface area contributed by atoms with E-state index in [9.17, 15) is 0 Å². The third-order valence-electron chi connectivity index (χ3n) is 3.16. The van der Waals surface area contributed by atoms with Crippen LogP contribution in [-0.4, -0.2) is 4.98 Å². The second-order valence-corrected chi connectivity index (χ2v) is 4.66. The molecule has 0 aliphatic carbocycles. The van der Waals surface area contributed by atoms with Crippen molar-refractivity contribution in [1.82, 2.24) is 4.98 Å². The summed E-state index contributed by atoms with van der Waals surface area (Å²) >= 11 is 0. The van der Waals surface area contributed by atoms with E-state index in [-0.39, 0.29) is 0 Å². The molecule has 19 heavy (non-hydrogen) atoms. The Labute approximate surface area is 111 Å². The fraction of sp³-hybridized carbons (Fsp3) is 0.133. The van der Waals surface area contributed by atoms with Gasteiger partial charge in [-0.3, -0.25) is 4.98 Å². The lowest BCUT2D eigenvalue weighted by atomic mass is 10.1. The van der Waals surface area contributed by atoms with Crippen LogP contribution in [-0.2, 0) is 0 Å². The molecule has 1 aromatic carbocycles. The molecule has 0 amide bonds. The molecule has 3 aromatic rings. The molecule has 0 radical (unpaired) electrons. The van der Waals surface area contributed by atoms with Crippen LogP contribution in [0.15, 0.2) is 41.1 Å². The van der Waals surface area contributed by atoms with Crippen molar-refractivity contribution in [3.8, 4) is 0 Å². The number of rotatable bonds is 2. The standard InChI is InChI=1S/C15H15N3O/c1-9-3-4-12(10(2)7-9)18-14-11-5-6-17-8-13(11)19-15(14)16/h3-8,18H,16H2,1-2H3. The number of nitrogens with one attached hydrogen (secondary N) is 1. The molecule has 96 valence electrons. The van der Waals surface area contributed by atoms with Crippen molar-refractivity contribution < 1.29 is 4.42 Å². The Bertz CT molecular complexity index is 746. The molecule has 0 saturated carbocycles. The number of nitrogens with zero attached hydrogens (tertiary/aromatic N) is 1. The van der Waals surface area contributed by atoms with Crippen molar-refractivity contribution >= 4 is 28.2 Å². The first-order valence-electron chi connectivity index (χ1n) is 6.11. The summed E-state index contributed by atoms with van der Waals surface area (Å²) in [5.74, 6) is 0.378. The van der Waals surface area contributed by atoms with E-state index in [1.807, 2.05) is 12.1 Å². The Balaban J connectivity index is 2.08. The maximum Gasteiger partial charge on any atom is 0.215 e. The highest BCUT2D eigenvalue weighted by Crippen LogP contribution is 2.35. The smallest absolute Gasteiger partial charge is 0.215 e. The summed E-state index contributed by atoms with van der Waals surface area (Å²) in [5.41, 5.74) is 10.8.